The number of amides is 2. The van der Waals surface area contributed by atoms with Crippen molar-refractivity contribution in [1.29, 1.82) is 0 Å². The van der Waals surface area contributed by atoms with E-state index < -0.39 is 6.04 Å². The van der Waals surface area contributed by atoms with E-state index in [9.17, 15) is 9.59 Å². The fourth-order valence-corrected chi connectivity index (χ4v) is 5.33. The van der Waals surface area contributed by atoms with Gasteiger partial charge < -0.3 is 5.32 Å². The second-order valence-electron chi connectivity index (χ2n) is 9.02. The number of nitrogens with zero attached hydrogens (tertiary/aromatic N) is 5. The molecule has 9 heteroatoms. The second-order valence-corrected chi connectivity index (χ2v) is 10.00. The summed E-state index contributed by atoms with van der Waals surface area (Å²) in [6.07, 6.45) is 4.15. The monoisotopic (exact) mass is 500 g/mol. The third-order valence-corrected chi connectivity index (χ3v) is 7.29. The van der Waals surface area contributed by atoms with Gasteiger partial charge in [-0.25, -0.2) is 0 Å². The van der Waals surface area contributed by atoms with Gasteiger partial charge in [0.15, 0.2) is 0 Å². The van der Waals surface area contributed by atoms with Gasteiger partial charge in [-0.2, -0.15) is 4.80 Å². The van der Waals surface area contributed by atoms with Crippen LogP contribution in [0.5, 0.6) is 0 Å². The van der Waals surface area contributed by atoms with Crippen molar-refractivity contribution in [2.45, 2.75) is 51.2 Å². The van der Waals surface area contributed by atoms with Gasteiger partial charge in [-0.15, -0.1) is 21.5 Å². The smallest absolute Gasteiger partial charge is 0.251 e. The maximum atomic E-state index is 13.8. The first-order chi connectivity index (χ1) is 17.6. The molecule has 2 aromatic carbocycles. The van der Waals surface area contributed by atoms with Gasteiger partial charge in [0.05, 0.1) is 0 Å². The van der Waals surface area contributed by atoms with Crippen LogP contribution in [0.1, 0.15) is 42.2 Å². The number of tetrazole rings is 1. The fraction of sp³-hybridized carbons (Fsp3) is 0.296. The van der Waals surface area contributed by atoms with Crippen LogP contribution in [0.3, 0.4) is 0 Å². The summed E-state index contributed by atoms with van der Waals surface area (Å²) in [6.45, 7) is 1.87. The number of benzene rings is 2. The van der Waals surface area contributed by atoms with Crippen molar-refractivity contribution in [2.24, 2.45) is 0 Å². The first-order valence-electron chi connectivity index (χ1n) is 12.1. The number of nitrogens with one attached hydrogen (secondary N) is 1. The highest BCUT2D eigenvalue weighted by Crippen LogP contribution is 2.32. The molecule has 2 aromatic heterocycles. The van der Waals surface area contributed by atoms with Crippen LogP contribution in [0.4, 0.5) is 5.69 Å². The molecule has 1 N–H and O–H groups in total. The maximum Gasteiger partial charge on any atom is 0.251 e. The van der Waals surface area contributed by atoms with Crippen LogP contribution in [0, 0.1) is 6.92 Å². The van der Waals surface area contributed by atoms with Gasteiger partial charge in [0, 0.05) is 22.2 Å². The topological polar surface area (TPSA) is 93.0 Å². The third-order valence-electron chi connectivity index (χ3n) is 6.36. The van der Waals surface area contributed by atoms with Crippen molar-refractivity contribution in [3.8, 4) is 11.4 Å². The number of hydrogen-bond donors (Lipinski definition) is 1. The molecule has 1 fully saturated rings. The Morgan fingerprint density at radius 3 is 2.50 bits per heavy atom. The molecule has 0 saturated heterocycles. The zero-order valence-corrected chi connectivity index (χ0v) is 20.9. The van der Waals surface area contributed by atoms with Crippen LogP contribution in [-0.2, 0) is 16.1 Å². The Bertz CT molecular complexity index is 1300. The normalized spacial score (nSPS) is 14.5. The standard InChI is InChI=1S/C27H28N6O2S/c1-19-13-15-20(16-14-19)26-29-31-32(30-26)18-24(34)33(22-10-3-2-4-11-22)25(23-12-7-17-36-23)27(35)28-21-8-5-6-9-21/h2-4,7,10-17,21,25H,5-6,8-9,18H2,1H3,(H,28,35)/t25-/m0/s1. The molecular weight excluding hydrogens is 472 g/mol. The first-order valence-corrected chi connectivity index (χ1v) is 13.0. The van der Waals surface area contributed by atoms with Gasteiger partial charge in [-0.1, -0.05) is 66.9 Å². The zero-order chi connectivity index (χ0) is 24.9. The molecule has 1 aliphatic carbocycles. The number of hydrogen-bond acceptors (Lipinski definition) is 6. The summed E-state index contributed by atoms with van der Waals surface area (Å²) in [5.74, 6) is -0.0229. The van der Waals surface area contributed by atoms with Crippen LogP contribution >= 0.6 is 11.3 Å². The Labute approximate surface area is 214 Å². The zero-order valence-electron chi connectivity index (χ0n) is 20.1. The first kappa shape index (κ1) is 23.9. The van der Waals surface area contributed by atoms with Gasteiger partial charge in [-0.3, -0.25) is 14.5 Å². The number of para-hydroxylation sites is 1. The average Bonchev–Trinajstić information content (AvgIpc) is 3.67. The highest BCUT2D eigenvalue weighted by Gasteiger charge is 2.35. The minimum atomic E-state index is -0.791. The summed E-state index contributed by atoms with van der Waals surface area (Å²) in [5, 5.41) is 17.8. The van der Waals surface area contributed by atoms with E-state index in [1.807, 2.05) is 79.0 Å². The molecule has 1 saturated carbocycles. The Balaban J connectivity index is 1.44. The van der Waals surface area contributed by atoms with E-state index in [1.54, 1.807) is 4.90 Å². The van der Waals surface area contributed by atoms with E-state index in [4.69, 9.17) is 0 Å². The second kappa shape index (κ2) is 10.8. The molecule has 36 heavy (non-hydrogen) atoms. The summed E-state index contributed by atoms with van der Waals surface area (Å²) >= 11 is 1.46. The largest absolute Gasteiger partial charge is 0.351 e. The van der Waals surface area contributed by atoms with E-state index in [1.165, 1.54) is 16.1 Å². The highest BCUT2D eigenvalue weighted by molar-refractivity contribution is 7.10. The molecule has 5 rings (SSSR count). The van der Waals surface area contributed by atoms with Gasteiger partial charge >= 0.3 is 0 Å². The van der Waals surface area contributed by atoms with Crippen LogP contribution in [0.2, 0.25) is 0 Å². The van der Waals surface area contributed by atoms with Crippen LogP contribution in [-0.4, -0.2) is 38.1 Å². The summed E-state index contributed by atoms with van der Waals surface area (Å²) in [5.41, 5.74) is 2.60. The molecule has 4 aromatic rings. The summed E-state index contributed by atoms with van der Waals surface area (Å²) in [4.78, 5) is 31.1. The lowest BCUT2D eigenvalue weighted by atomic mass is 10.1. The van der Waals surface area contributed by atoms with E-state index in [-0.39, 0.29) is 24.4 Å². The summed E-state index contributed by atoms with van der Waals surface area (Å²) in [6, 6.07) is 20.2. The molecule has 1 atom stereocenters. The molecule has 184 valence electrons. The molecule has 0 spiro atoms. The molecule has 0 aliphatic heterocycles. The Hall–Kier alpha value is -3.85. The quantitative estimate of drug-likeness (QED) is 0.383. The van der Waals surface area contributed by atoms with Crippen molar-refractivity contribution >= 4 is 28.8 Å². The van der Waals surface area contributed by atoms with Crippen LogP contribution in [0.25, 0.3) is 11.4 Å². The van der Waals surface area contributed by atoms with Gasteiger partial charge in [0.25, 0.3) is 5.91 Å². The number of thiophene rings is 1. The lowest BCUT2D eigenvalue weighted by molar-refractivity contribution is -0.127. The van der Waals surface area contributed by atoms with E-state index in [0.717, 1.165) is 41.7 Å². The Morgan fingerprint density at radius 2 is 1.81 bits per heavy atom. The lowest BCUT2D eigenvalue weighted by Gasteiger charge is -2.31. The number of carbonyl (C=O) groups excluding carboxylic acids is 2. The van der Waals surface area contributed by atoms with E-state index in [2.05, 4.69) is 20.7 Å². The van der Waals surface area contributed by atoms with Gasteiger partial charge in [0.2, 0.25) is 11.7 Å². The molecule has 8 nitrogen and oxygen atoms in total. The summed E-state index contributed by atoms with van der Waals surface area (Å²) in [7, 11) is 0. The molecule has 2 heterocycles. The van der Waals surface area contributed by atoms with Crippen molar-refractivity contribution in [3.63, 3.8) is 0 Å². The van der Waals surface area contributed by atoms with Gasteiger partial charge in [-0.05, 0) is 48.6 Å². The Morgan fingerprint density at radius 1 is 1.06 bits per heavy atom. The minimum Gasteiger partial charge on any atom is -0.351 e. The fourth-order valence-electron chi connectivity index (χ4n) is 4.52. The third kappa shape index (κ3) is 5.36. The summed E-state index contributed by atoms with van der Waals surface area (Å²) < 4.78 is 0. The minimum absolute atomic E-state index is 0.140. The number of anilines is 1. The van der Waals surface area contributed by atoms with Crippen LogP contribution < -0.4 is 10.2 Å². The molecular formula is C27H28N6O2S. The average molecular weight is 501 g/mol. The predicted octanol–water partition coefficient (Wildman–Crippen LogP) is 4.54. The van der Waals surface area contributed by atoms with Crippen molar-refractivity contribution < 1.29 is 9.59 Å². The van der Waals surface area contributed by atoms with Crippen molar-refractivity contribution in [3.05, 3.63) is 82.6 Å². The molecule has 0 unspecified atom stereocenters. The van der Waals surface area contributed by atoms with Crippen LogP contribution in [0.15, 0.2) is 72.1 Å². The van der Waals surface area contributed by atoms with Crippen molar-refractivity contribution in [1.82, 2.24) is 25.5 Å². The molecule has 0 radical (unpaired) electrons. The number of aryl methyl sites for hydroxylation is 1. The molecule has 0 bridgehead atoms. The number of rotatable bonds is 8. The Kier molecular flexibility index (Phi) is 7.18. The molecule has 2 amide bonds. The van der Waals surface area contributed by atoms with E-state index in [0.29, 0.717) is 11.5 Å². The SMILES string of the molecule is Cc1ccc(-c2nnn(CC(=O)N(c3ccccc3)[C@H](C(=O)NC3CCCC3)c3cccs3)n2)cc1. The van der Waals surface area contributed by atoms with E-state index >= 15 is 0 Å². The highest BCUT2D eigenvalue weighted by atomic mass is 32.1. The predicted molar refractivity (Wildman–Crippen MR) is 139 cm³/mol. The lowest BCUT2D eigenvalue weighted by Crippen LogP contribution is -2.47. The number of carbonyl (C=O) groups is 2. The maximum absolute atomic E-state index is 13.8. The van der Waals surface area contributed by atoms with Gasteiger partial charge in [0.1, 0.15) is 12.6 Å². The molecule has 1 aliphatic rings. The number of aromatic nitrogens is 4. The van der Waals surface area contributed by atoms with Crippen molar-refractivity contribution in [2.75, 3.05) is 4.90 Å².